The molecule has 1 aliphatic heterocycles. The van der Waals surface area contributed by atoms with Crippen LogP contribution >= 0.6 is 0 Å². The third kappa shape index (κ3) is 5.15. The number of aliphatic carboxylic acids is 1. The molecule has 1 N–H and O–H groups in total. The van der Waals surface area contributed by atoms with Gasteiger partial charge in [0.25, 0.3) is 0 Å². The monoisotopic (exact) mass is 435 g/mol. The highest BCUT2D eigenvalue weighted by atomic mass is 16.4. The van der Waals surface area contributed by atoms with Gasteiger partial charge in [0.1, 0.15) is 0 Å². The summed E-state index contributed by atoms with van der Waals surface area (Å²) < 4.78 is 0. The number of benzene rings is 3. The second kappa shape index (κ2) is 10.2. The minimum absolute atomic E-state index is 0.0167. The van der Waals surface area contributed by atoms with Crippen molar-refractivity contribution in [1.29, 1.82) is 0 Å². The van der Waals surface area contributed by atoms with Crippen LogP contribution in [0.4, 0.5) is 0 Å². The Hall–Kier alpha value is -3.85. The number of carbonyl (C=O) groups is 1. The molecular weight excluding hydrogens is 406 g/mol. The van der Waals surface area contributed by atoms with Crippen molar-refractivity contribution >= 4 is 11.5 Å². The summed E-state index contributed by atoms with van der Waals surface area (Å²) in [4.78, 5) is 13.7. The zero-order chi connectivity index (χ0) is 23.2. The number of carboxylic acids is 1. The average molecular weight is 436 g/mol. The Morgan fingerprint density at radius 2 is 1.45 bits per heavy atom. The summed E-state index contributed by atoms with van der Waals surface area (Å²) in [7, 11) is 0. The smallest absolute Gasteiger partial charge is 0.337 e. The molecule has 0 aromatic heterocycles. The number of aryl methyl sites for hydroxylation is 2. The molecule has 0 spiro atoms. The van der Waals surface area contributed by atoms with Gasteiger partial charge in [0.2, 0.25) is 0 Å². The van der Waals surface area contributed by atoms with Gasteiger partial charge in [0, 0.05) is 12.7 Å². The van der Waals surface area contributed by atoms with E-state index in [4.69, 9.17) is 0 Å². The van der Waals surface area contributed by atoms with Crippen molar-refractivity contribution < 1.29 is 9.90 Å². The van der Waals surface area contributed by atoms with Crippen molar-refractivity contribution in [3.05, 3.63) is 137 Å². The maximum absolute atomic E-state index is 11.6. The molecule has 1 heterocycles. The largest absolute Gasteiger partial charge is 0.478 e. The van der Waals surface area contributed by atoms with Gasteiger partial charge in [-0.1, -0.05) is 91.0 Å². The van der Waals surface area contributed by atoms with Crippen LogP contribution in [-0.4, -0.2) is 22.5 Å². The van der Waals surface area contributed by atoms with Crippen molar-refractivity contribution in [2.75, 3.05) is 6.54 Å². The highest BCUT2D eigenvalue weighted by molar-refractivity contribution is 5.90. The summed E-state index contributed by atoms with van der Waals surface area (Å²) in [6.45, 7) is 5.00. The Kier molecular flexibility index (Phi) is 6.89. The van der Waals surface area contributed by atoms with E-state index in [1.807, 2.05) is 24.3 Å². The zero-order valence-corrected chi connectivity index (χ0v) is 19.1. The standard InChI is InChI=1S/C30H29NO2/c1-22-11-6-8-15-26(22)28(27-16-9-7-12-23(27)2)17-10-20-31-21-25(30(32)33)18-19-29(31)24-13-4-3-5-14-24/h3-9,11-19,21,29H,10,20H2,1-2H3,(H,32,33). The van der Waals surface area contributed by atoms with E-state index in [9.17, 15) is 9.90 Å². The van der Waals surface area contributed by atoms with Crippen LogP contribution in [0.3, 0.4) is 0 Å². The summed E-state index contributed by atoms with van der Waals surface area (Å²) >= 11 is 0. The summed E-state index contributed by atoms with van der Waals surface area (Å²) in [5, 5.41) is 9.53. The molecule has 3 aromatic carbocycles. The molecule has 0 bridgehead atoms. The lowest BCUT2D eigenvalue weighted by Crippen LogP contribution is -2.27. The van der Waals surface area contributed by atoms with Crippen LogP contribution < -0.4 is 0 Å². The van der Waals surface area contributed by atoms with Gasteiger partial charge in [-0.15, -0.1) is 0 Å². The quantitative estimate of drug-likeness (QED) is 0.448. The molecule has 0 saturated heterocycles. The first kappa shape index (κ1) is 22.3. The molecule has 3 heteroatoms. The first-order valence-corrected chi connectivity index (χ1v) is 11.3. The van der Waals surface area contributed by atoms with Crippen LogP contribution in [0, 0.1) is 13.8 Å². The third-order valence-corrected chi connectivity index (χ3v) is 6.11. The summed E-state index contributed by atoms with van der Waals surface area (Å²) in [6.07, 6.45) is 8.54. The van der Waals surface area contributed by atoms with Gasteiger partial charge in [0.15, 0.2) is 0 Å². The second-order valence-corrected chi connectivity index (χ2v) is 8.38. The topological polar surface area (TPSA) is 40.5 Å². The van der Waals surface area contributed by atoms with Crippen LogP contribution in [0.15, 0.2) is 109 Å². The summed E-state index contributed by atoms with van der Waals surface area (Å²) in [5.74, 6) is -0.904. The molecule has 0 amide bonds. The molecule has 1 aliphatic rings. The Labute approximate surface area is 196 Å². The molecule has 0 aliphatic carbocycles. The van der Waals surface area contributed by atoms with Crippen LogP contribution in [0.2, 0.25) is 0 Å². The highest BCUT2D eigenvalue weighted by Gasteiger charge is 2.21. The lowest BCUT2D eigenvalue weighted by Gasteiger charge is -2.31. The van der Waals surface area contributed by atoms with Crippen LogP contribution in [0.25, 0.3) is 5.57 Å². The lowest BCUT2D eigenvalue weighted by atomic mass is 9.91. The molecule has 1 unspecified atom stereocenters. The SMILES string of the molecule is Cc1ccccc1C(=CCCN1C=C(C(=O)O)C=CC1c1ccccc1)c1ccccc1C. The summed E-state index contributed by atoms with van der Waals surface area (Å²) in [5.41, 5.74) is 7.61. The van der Waals surface area contributed by atoms with Gasteiger partial charge < -0.3 is 10.0 Å². The molecule has 0 saturated carbocycles. The first-order valence-electron chi connectivity index (χ1n) is 11.3. The summed E-state index contributed by atoms with van der Waals surface area (Å²) in [6, 6.07) is 27.2. The number of carboxylic acid groups (broad SMARTS) is 1. The molecule has 1 atom stereocenters. The Morgan fingerprint density at radius 3 is 2.03 bits per heavy atom. The van der Waals surface area contributed by atoms with Gasteiger partial charge in [-0.2, -0.15) is 0 Å². The van der Waals surface area contributed by atoms with Crippen molar-refractivity contribution in [3.63, 3.8) is 0 Å². The number of hydrogen-bond acceptors (Lipinski definition) is 2. The molecule has 3 nitrogen and oxygen atoms in total. The minimum Gasteiger partial charge on any atom is -0.478 e. The Balaban J connectivity index is 1.65. The molecule has 4 rings (SSSR count). The van der Waals surface area contributed by atoms with Crippen molar-refractivity contribution in [2.45, 2.75) is 26.3 Å². The van der Waals surface area contributed by atoms with E-state index in [2.05, 4.69) is 85.5 Å². The van der Waals surface area contributed by atoms with Gasteiger partial charge in [-0.3, -0.25) is 0 Å². The van der Waals surface area contributed by atoms with E-state index >= 15 is 0 Å². The van der Waals surface area contributed by atoms with Crippen LogP contribution in [-0.2, 0) is 4.79 Å². The first-order chi connectivity index (χ1) is 16.0. The molecule has 0 radical (unpaired) electrons. The zero-order valence-electron chi connectivity index (χ0n) is 19.1. The van der Waals surface area contributed by atoms with Gasteiger partial charge in [0.05, 0.1) is 11.6 Å². The normalized spacial score (nSPS) is 15.2. The number of nitrogens with zero attached hydrogens (tertiary/aromatic N) is 1. The fourth-order valence-electron chi connectivity index (χ4n) is 4.36. The van der Waals surface area contributed by atoms with Gasteiger partial charge in [-0.05, 0) is 59.7 Å². The fourth-order valence-corrected chi connectivity index (χ4v) is 4.36. The predicted octanol–water partition coefficient (Wildman–Crippen LogP) is 6.71. The number of hydrogen-bond donors (Lipinski definition) is 1. The Morgan fingerprint density at radius 1 is 0.879 bits per heavy atom. The third-order valence-electron chi connectivity index (χ3n) is 6.11. The van der Waals surface area contributed by atoms with Gasteiger partial charge >= 0.3 is 5.97 Å². The molecular formula is C30H29NO2. The maximum atomic E-state index is 11.6. The minimum atomic E-state index is -0.904. The Bertz CT molecular complexity index is 1170. The lowest BCUT2D eigenvalue weighted by molar-refractivity contribution is -0.132. The van der Waals surface area contributed by atoms with E-state index in [-0.39, 0.29) is 6.04 Å². The van der Waals surface area contributed by atoms with Crippen molar-refractivity contribution in [1.82, 2.24) is 4.90 Å². The highest BCUT2D eigenvalue weighted by Crippen LogP contribution is 2.31. The van der Waals surface area contributed by atoms with Crippen molar-refractivity contribution in [2.24, 2.45) is 0 Å². The van der Waals surface area contributed by atoms with Gasteiger partial charge in [-0.25, -0.2) is 4.79 Å². The van der Waals surface area contributed by atoms with E-state index < -0.39 is 5.97 Å². The van der Waals surface area contributed by atoms with E-state index in [0.717, 1.165) is 12.0 Å². The molecule has 3 aromatic rings. The van der Waals surface area contributed by atoms with E-state index in [1.165, 1.54) is 27.8 Å². The van der Waals surface area contributed by atoms with E-state index in [0.29, 0.717) is 12.1 Å². The molecule has 166 valence electrons. The van der Waals surface area contributed by atoms with Crippen LogP contribution in [0.1, 0.15) is 40.3 Å². The average Bonchev–Trinajstić information content (AvgIpc) is 2.83. The van der Waals surface area contributed by atoms with E-state index in [1.54, 1.807) is 12.3 Å². The fraction of sp³-hybridized carbons (Fsp3) is 0.167. The second-order valence-electron chi connectivity index (χ2n) is 8.38. The molecule has 33 heavy (non-hydrogen) atoms. The van der Waals surface area contributed by atoms with Crippen LogP contribution in [0.5, 0.6) is 0 Å². The molecule has 0 fully saturated rings. The number of rotatable bonds is 7. The maximum Gasteiger partial charge on any atom is 0.337 e. The van der Waals surface area contributed by atoms with Crippen molar-refractivity contribution in [3.8, 4) is 0 Å². The predicted molar refractivity (Wildman–Crippen MR) is 135 cm³/mol.